The van der Waals surface area contributed by atoms with Crippen LogP contribution in [0, 0.1) is 0 Å². The SMILES string of the molecule is CN(C)C(C)(C)COc1cccc(N)n1. The molecule has 0 aliphatic carbocycles. The van der Waals surface area contributed by atoms with Crippen LogP contribution in [-0.4, -0.2) is 36.1 Å². The summed E-state index contributed by atoms with van der Waals surface area (Å²) in [4.78, 5) is 6.18. The minimum absolute atomic E-state index is 0.0215. The molecule has 2 N–H and O–H groups in total. The van der Waals surface area contributed by atoms with Crippen LogP contribution in [0.3, 0.4) is 0 Å². The molecule has 0 spiro atoms. The first-order valence-corrected chi connectivity index (χ1v) is 4.94. The molecule has 1 rings (SSSR count). The van der Waals surface area contributed by atoms with E-state index in [1.165, 1.54) is 0 Å². The highest BCUT2D eigenvalue weighted by molar-refractivity contribution is 5.31. The topological polar surface area (TPSA) is 51.4 Å². The largest absolute Gasteiger partial charge is 0.476 e. The van der Waals surface area contributed by atoms with E-state index in [1.54, 1.807) is 6.07 Å². The molecule has 1 aromatic rings. The summed E-state index contributed by atoms with van der Waals surface area (Å²) >= 11 is 0. The average Bonchev–Trinajstić information content (AvgIpc) is 2.15. The first kappa shape index (κ1) is 11.8. The van der Waals surface area contributed by atoms with Crippen molar-refractivity contribution >= 4 is 5.82 Å². The number of ether oxygens (including phenoxy) is 1. The highest BCUT2D eigenvalue weighted by Crippen LogP contribution is 2.14. The van der Waals surface area contributed by atoms with E-state index in [1.807, 2.05) is 26.2 Å². The van der Waals surface area contributed by atoms with Crippen molar-refractivity contribution in [3.8, 4) is 5.88 Å². The van der Waals surface area contributed by atoms with E-state index in [2.05, 4.69) is 23.7 Å². The summed E-state index contributed by atoms with van der Waals surface area (Å²) in [5.41, 5.74) is 5.53. The van der Waals surface area contributed by atoms with Crippen molar-refractivity contribution in [3.05, 3.63) is 18.2 Å². The van der Waals surface area contributed by atoms with Crippen LogP contribution in [0.15, 0.2) is 18.2 Å². The predicted octanol–water partition coefficient (Wildman–Crippen LogP) is 1.38. The molecule has 1 aromatic heterocycles. The fraction of sp³-hybridized carbons (Fsp3) is 0.545. The van der Waals surface area contributed by atoms with Gasteiger partial charge in [-0.25, -0.2) is 0 Å². The molecule has 4 nitrogen and oxygen atoms in total. The maximum atomic E-state index is 5.58. The van der Waals surface area contributed by atoms with Crippen molar-refractivity contribution in [3.63, 3.8) is 0 Å². The zero-order chi connectivity index (χ0) is 11.5. The van der Waals surface area contributed by atoms with Crippen LogP contribution in [-0.2, 0) is 0 Å². The second-order valence-corrected chi connectivity index (χ2v) is 4.40. The Labute approximate surface area is 91.1 Å². The second-order valence-electron chi connectivity index (χ2n) is 4.40. The van der Waals surface area contributed by atoms with Gasteiger partial charge in [0, 0.05) is 11.6 Å². The van der Waals surface area contributed by atoms with Crippen LogP contribution in [0.4, 0.5) is 5.82 Å². The maximum absolute atomic E-state index is 5.58. The number of nitrogens with two attached hydrogens (primary N) is 1. The van der Waals surface area contributed by atoms with E-state index in [4.69, 9.17) is 10.5 Å². The lowest BCUT2D eigenvalue weighted by Crippen LogP contribution is -2.43. The first-order valence-electron chi connectivity index (χ1n) is 4.94. The number of hydrogen-bond acceptors (Lipinski definition) is 4. The molecular formula is C11H19N3O. The Kier molecular flexibility index (Phi) is 3.52. The highest BCUT2D eigenvalue weighted by Gasteiger charge is 2.21. The van der Waals surface area contributed by atoms with Crippen molar-refractivity contribution in [2.24, 2.45) is 0 Å². The van der Waals surface area contributed by atoms with Crippen molar-refractivity contribution in [2.45, 2.75) is 19.4 Å². The molecular weight excluding hydrogens is 190 g/mol. The lowest BCUT2D eigenvalue weighted by Gasteiger charge is -2.31. The monoisotopic (exact) mass is 209 g/mol. The van der Waals surface area contributed by atoms with Crippen molar-refractivity contribution in [2.75, 3.05) is 26.4 Å². The average molecular weight is 209 g/mol. The van der Waals surface area contributed by atoms with Crippen molar-refractivity contribution in [1.82, 2.24) is 9.88 Å². The van der Waals surface area contributed by atoms with E-state index < -0.39 is 0 Å². The Balaban J connectivity index is 2.57. The fourth-order valence-corrected chi connectivity index (χ4v) is 0.891. The van der Waals surface area contributed by atoms with Gasteiger partial charge in [0.1, 0.15) is 12.4 Å². The molecule has 0 atom stereocenters. The summed E-state index contributed by atoms with van der Waals surface area (Å²) in [6, 6.07) is 5.38. The summed E-state index contributed by atoms with van der Waals surface area (Å²) in [6.07, 6.45) is 0. The third-order valence-corrected chi connectivity index (χ3v) is 2.53. The van der Waals surface area contributed by atoms with Gasteiger partial charge in [-0.1, -0.05) is 6.07 Å². The highest BCUT2D eigenvalue weighted by atomic mass is 16.5. The van der Waals surface area contributed by atoms with E-state index in [-0.39, 0.29) is 5.54 Å². The molecule has 0 aliphatic rings. The third-order valence-electron chi connectivity index (χ3n) is 2.53. The summed E-state index contributed by atoms with van der Waals surface area (Å²) in [6.45, 7) is 4.80. The van der Waals surface area contributed by atoms with Crippen LogP contribution in [0.2, 0.25) is 0 Å². The van der Waals surface area contributed by atoms with Crippen LogP contribution >= 0.6 is 0 Å². The molecule has 0 unspecified atom stereocenters. The smallest absolute Gasteiger partial charge is 0.215 e. The molecule has 0 aromatic carbocycles. The lowest BCUT2D eigenvalue weighted by atomic mass is 10.1. The standard InChI is InChI=1S/C11H19N3O/c1-11(2,14(3)4)8-15-10-7-5-6-9(12)13-10/h5-7H,8H2,1-4H3,(H2,12,13). The minimum atomic E-state index is -0.0215. The third kappa shape index (κ3) is 3.40. The van der Waals surface area contributed by atoms with Gasteiger partial charge in [0.05, 0.1) is 0 Å². The Morgan fingerprint density at radius 1 is 1.40 bits per heavy atom. The molecule has 4 heteroatoms. The van der Waals surface area contributed by atoms with Crippen LogP contribution in [0.25, 0.3) is 0 Å². The lowest BCUT2D eigenvalue weighted by molar-refractivity contribution is 0.111. The van der Waals surface area contributed by atoms with Crippen LogP contribution in [0.5, 0.6) is 5.88 Å². The molecule has 15 heavy (non-hydrogen) atoms. The van der Waals surface area contributed by atoms with Gasteiger partial charge in [0.15, 0.2) is 0 Å². The number of nitrogen functional groups attached to an aromatic ring is 1. The minimum Gasteiger partial charge on any atom is -0.476 e. The maximum Gasteiger partial charge on any atom is 0.215 e. The molecule has 0 amide bonds. The van der Waals surface area contributed by atoms with Crippen LogP contribution < -0.4 is 10.5 Å². The Morgan fingerprint density at radius 3 is 2.60 bits per heavy atom. The predicted molar refractivity (Wildman–Crippen MR) is 61.9 cm³/mol. The zero-order valence-corrected chi connectivity index (χ0v) is 9.82. The van der Waals surface area contributed by atoms with Crippen LogP contribution in [0.1, 0.15) is 13.8 Å². The van der Waals surface area contributed by atoms with Gasteiger partial charge in [0.25, 0.3) is 0 Å². The molecule has 0 bridgehead atoms. The summed E-state index contributed by atoms with van der Waals surface area (Å²) < 4.78 is 5.58. The summed E-state index contributed by atoms with van der Waals surface area (Å²) in [7, 11) is 4.05. The van der Waals surface area contributed by atoms with E-state index >= 15 is 0 Å². The van der Waals surface area contributed by atoms with Gasteiger partial charge in [-0.15, -0.1) is 0 Å². The zero-order valence-electron chi connectivity index (χ0n) is 9.82. The molecule has 0 saturated heterocycles. The Morgan fingerprint density at radius 2 is 2.07 bits per heavy atom. The van der Waals surface area contributed by atoms with Gasteiger partial charge in [-0.2, -0.15) is 4.98 Å². The number of likely N-dealkylation sites (N-methyl/N-ethyl adjacent to an activating group) is 1. The van der Waals surface area contributed by atoms with Gasteiger partial charge in [-0.3, -0.25) is 0 Å². The quantitative estimate of drug-likeness (QED) is 0.814. The fourth-order valence-electron chi connectivity index (χ4n) is 0.891. The van der Waals surface area contributed by atoms with Crippen molar-refractivity contribution < 1.29 is 4.74 Å². The van der Waals surface area contributed by atoms with E-state index in [0.29, 0.717) is 18.3 Å². The number of rotatable bonds is 4. The molecule has 84 valence electrons. The number of pyridine rings is 1. The number of nitrogens with zero attached hydrogens (tertiary/aromatic N) is 2. The summed E-state index contributed by atoms with van der Waals surface area (Å²) in [5.74, 6) is 1.06. The normalized spacial score (nSPS) is 11.8. The second kappa shape index (κ2) is 4.49. The van der Waals surface area contributed by atoms with Gasteiger partial charge in [-0.05, 0) is 34.0 Å². The van der Waals surface area contributed by atoms with Gasteiger partial charge >= 0.3 is 0 Å². The van der Waals surface area contributed by atoms with Gasteiger partial charge in [0.2, 0.25) is 5.88 Å². The molecule has 0 fully saturated rings. The Bertz CT molecular complexity index is 323. The van der Waals surface area contributed by atoms with Gasteiger partial charge < -0.3 is 15.4 Å². The summed E-state index contributed by atoms with van der Waals surface area (Å²) in [5, 5.41) is 0. The molecule has 1 heterocycles. The number of anilines is 1. The molecule has 0 radical (unpaired) electrons. The Hall–Kier alpha value is -1.29. The number of hydrogen-bond donors (Lipinski definition) is 1. The van der Waals surface area contributed by atoms with Crippen molar-refractivity contribution in [1.29, 1.82) is 0 Å². The van der Waals surface area contributed by atoms with E-state index in [9.17, 15) is 0 Å². The molecule has 0 aliphatic heterocycles. The number of aromatic nitrogens is 1. The first-order chi connectivity index (χ1) is 6.92. The van der Waals surface area contributed by atoms with E-state index in [0.717, 1.165) is 0 Å². The molecule has 0 saturated carbocycles.